The Morgan fingerprint density at radius 1 is 1.13 bits per heavy atom. The number of halogens is 3. The predicted molar refractivity (Wildman–Crippen MR) is 116 cm³/mol. The number of carbonyl (C=O) groups excluding carboxylic acids is 2. The van der Waals surface area contributed by atoms with E-state index in [9.17, 15) is 14.0 Å². The quantitative estimate of drug-likeness (QED) is 0.522. The molecule has 0 saturated heterocycles. The summed E-state index contributed by atoms with van der Waals surface area (Å²) in [6, 6.07) is 10.0. The van der Waals surface area contributed by atoms with Gasteiger partial charge < -0.3 is 15.0 Å². The fraction of sp³-hybridized carbons (Fsp3) is 0.364. The van der Waals surface area contributed by atoms with Crippen molar-refractivity contribution < 1.29 is 18.7 Å². The summed E-state index contributed by atoms with van der Waals surface area (Å²) in [5, 5.41) is 3.58. The van der Waals surface area contributed by atoms with Crippen molar-refractivity contribution in [3.8, 4) is 5.75 Å². The van der Waals surface area contributed by atoms with E-state index in [-0.39, 0.29) is 18.2 Å². The van der Waals surface area contributed by atoms with Crippen LogP contribution >= 0.6 is 23.2 Å². The number of ether oxygens (including phenoxy) is 1. The number of para-hydroxylation sites is 1. The van der Waals surface area contributed by atoms with Crippen LogP contribution in [0.25, 0.3) is 0 Å². The van der Waals surface area contributed by atoms with Crippen LogP contribution in [0.2, 0.25) is 10.0 Å². The highest BCUT2D eigenvalue weighted by atomic mass is 35.5. The Morgan fingerprint density at radius 2 is 1.80 bits per heavy atom. The topological polar surface area (TPSA) is 58.6 Å². The van der Waals surface area contributed by atoms with Crippen molar-refractivity contribution in [3.63, 3.8) is 0 Å². The van der Waals surface area contributed by atoms with Gasteiger partial charge in [-0.25, -0.2) is 4.39 Å². The Kier molecular flexibility index (Phi) is 9.40. The van der Waals surface area contributed by atoms with Gasteiger partial charge in [0.05, 0.1) is 0 Å². The van der Waals surface area contributed by atoms with Crippen molar-refractivity contribution in [2.45, 2.75) is 39.3 Å². The van der Waals surface area contributed by atoms with Gasteiger partial charge in [-0.2, -0.15) is 0 Å². The minimum Gasteiger partial charge on any atom is -0.481 e. The van der Waals surface area contributed by atoms with Crippen LogP contribution in [0.4, 0.5) is 4.39 Å². The molecule has 0 heterocycles. The fourth-order valence-electron chi connectivity index (χ4n) is 2.76. The molecular weight excluding hydrogens is 430 g/mol. The summed E-state index contributed by atoms with van der Waals surface area (Å²) in [6.45, 7) is 3.73. The first-order valence-corrected chi connectivity index (χ1v) is 10.5. The van der Waals surface area contributed by atoms with Gasteiger partial charge in [-0.3, -0.25) is 9.59 Å². The maximum Gasteiger partial charge on any atom is 0.261 e. The molecule has 0 aliphatic heterocycles. The van der Waals surface area contributed by atoms with E-state index in [4.69, 9.17) is 27.9 Å². The molecule has 2 aromatic carbocycles. The lowest BCUT2D eigenvalue weighted by Gasteiger charge is -2.29. The van der Waals surface area contributed by atoms with Crippen LogP contribution in [-0.2, 0) is 16.1 Å². The van der Waals surface area contributed by atoms with Crippen molar-refractivity contribution in [2.24, 2.45) is 0 Å². The maximum atomic E-state index is 13.8. The molecule has 0 saturated carbocycles. The molecule has 1 atom stereocenters. The van der Waals surface area contributed by atoms with Gasteiger partial charge >= 0.3 is 0 Å². The minimum atomic E-state index is -0.800. The fourth-order valence-corrected chi connectivity index (χ4v) is 3.27. The summed E-state index contributed by atoms with van der Waals surface area (Å²) in [7, 11) is 0. The molecule has 1 N–H and O–H groups in total. The second-order valence-electron chi connectivity index (χ2n) is 6.76. The van der Waals surface area contributed by atoms with E-state index in [1.54, 1.807) is 31.2 Å². The lowest BCUT2D eigenvalue weighted by Crippen LogP contribution is -2.49. The Morgan fingerprint density at radius 3 is 2.43 bits per heavy atom. The third kappa shape index (κ3) is 6.61. The van der Waals surface area contributed by atoms with Crippen molar-refractivity contribution in [1.82, 2.24) is 10.2 Å². The minimum absolute atomic E-state index is 0.0142. The number of hydrogen-bond donors (Lipinski definition) is 1. The Hall–Kier alpha value is -2.31. The number of unbranched alkanes of at least 4 members (excludes halogenated alkanes) is 1. The molecule has 0 aromatic heterocycles. The standard InChI is InChI=1S/C22H25Cl2FN2O3/c1-3-4-12-26-22(29)15(2)27(13-16-17(23)8-7-9-18(16)24)21(28)14-30-20-11-6-5-10-19(20)25/h5-11,15H,3-4,12-14H2,1-2H3,(H,26,29)/t15-/m0/s1. The first kappa shape index (κ1) is 24.0. The molecular formula is C22H25Cl2FN2O3. The van der Waals surface area contributed by atoms with Gasteiger partial charge in [-0.15, -0.1) is 0 Å². The average Bonchev–Trinajstić information content (AvgIpc) is 2.72. The van der Waals surface area contributed by atoms with Crippen LogP contribution in [0.3, 0.4) is 0 Å². The second-order valence-corrected chi connectivity index (χ2v) is 7.58. The summed E-state index contributed by atoms with van der Waals surface area (Å²) in [4.78, 5) is 26.9. The Labute approximate surface area is 186 Å². The van der Waals surface area contributed by atoms with Gasteiger partial charge in [-0.1, -0.05) is 54.7 Å². The summed E-state index contributed by atoms with van der Waals surface area (Å²) >= 11 is 12.5. The van der Waals surface area contributed by atoms with E-state index < -0.39 is 24.4 Å². The van der Waals surface area contributed by atoms with E-state index in [1.807, 2.05) is 6.92 Å². The lowest BCUT2D eigenvalue weighted by molar-refractivity contribution is -0.142. The molecule has 2 rings (SSSR count). The molecule has 2 aromatic rings. The summed E-state index contributed by atoms with van der Waals surface area (Å²) in [5.41, 5.74) is 0.522. The highest BCUT2D eigenvalue weighted by molar-refractivity contribution is 6.36. The van der Waals surface area contributed by atoms with Gasteiger partial charge in [0, 0.05) is 28.7 Å². The molecule has 5 nitrogen and oxygen atoms in total. The number of nitrogens with one attached hydrogen (secondary N) is 1. The zero-order valence-corrected chi connectivity index (χ0v) is 18.5. The van der Waals surface area contributed by atoms with E-state index in [1.165, 1.54) is 23.1 Å². The predicted octanol–water partition coefficient (Wildman–Crippen LogP) is 4.84. The molecule has 0 aliphatic rings. The molecule has 0 fully saturated rings. The Bertz CT molecular complexity index is 859. The summed E-state index contributed by atoms with van der Waals surface area (Å²) in [6.07, 6.45) is 1.77. The molecule has 0 unspecified atom stereocenters. The van der Waals surface area contributed by atoms with Gasteiger partial charge in [0.25, 0.3) is 5.91 Å². The molecule has 162 valence electrons. The highest BCUT2D eigenvalue weighted by Gasteiger charge is 2.27. The van der Waals surface area contributed by atoms with E-state index >= 15 is 0 Å². The van der Waals surface area contributed by atoms with Crippen LogP contribution in [0.15, 0.2) is 42.5 Å². The third-order valence-corrected chi connectivity index (χ3v) is 5.28. The lowest BCUT2D eigenvalue weighted by atomic mass is 10.1. The average molecular weight is 455 g/mol. The molecule has 2 amide bonds. The number of rotatable bonds is 10. The van der Waals surface area contributed by atoms with Crippen LogP contribution in [0.1, 0.15) is 32.3 Å². The summed E-state index contributed by atoms with van der Waals surface area (Å²) in [5.74, 6) is -1.41. The normalized spacial score (nSPS) is 11.6. The molecule has 0 aliphatic carbocycles. The van der Waals surface area contributed by atoms with Gasteiger partial charge in [-0.05, 0) is 37.6 Å². The van der Waals surface area contributed by atoms with Gasteiger partial charge in [0.15, 0.2) is 18.2 Å². The van der Waals surface area contributed by atoms with E-state index in [2.05, 4.69) is 5.32 Å². The van der Waals surface area contributed by atoms with Crippen molar-refractivity contribution >= 4 is 35.0 Å². The number of amides is 2. The smallest absolute Gasteiger partial charge is 0.261 e. The maximum absolute atomic E-state index is 13.8. The zero-order valence-electron chi connectivity index (χ0n) is 17.0. The summed E-state index contributed by atoms with van der Waals surface area (Å²) < 4.78 is 19.1. The molecule has 0 radical (unpaired) electrons. The van der Waals surface area contributed by atoms with Crippen molar-refractivity contribution in [3.05, 3.63) is 63.9 Å². The largest absolute Gasteiger partial charge is 0.481 e. The van der Waals surface area contributed by atoms with Crippen LogP contribution in [0.5, 0.6) is 5.75 Å². The van der Waals surface area contributed by atoms with Crippen molar-refractivity contribution in [1.29, 1.82) is 0 Å². The van der Waals surface area contributed by atoms with Crippen LogP contribution in [-0.4, -0.2) is 35.9 Å². The first-order chi connectivity index (χ1) is 14.3. The van der Waals surface area contributed by atoms with Crippen LogP contribution < -0.4 is 10.1 Å². The van der Waals surface area contributed by atoms with Gasteiger partial charge in [0.2, 0.25) is 5.91 Å². The number of carbonyl (C=O) groups is 2. The SMILES string of the molecule is CCCCNC(=O)[C@H](C)N(Cc1c(Cl)cccc1Cl)C(=O)COc1ccccc1F. The number of hydrogen-bond acceptors (Lipinski definition) is 3. The molecule has 0 spiro atoms. The highest BCUT2D eigenvalue weighted by Crippen LogP contribution is 2.26. The van der Waals surface area contributed by atoms with Crippen LogP contribution in [0, 0.1) is 5.82 Å². The Balaban J connectivity index is 2.19. The number of benzene rings is 2. The molecule has 0 bridgehead atoms. The second kappa shape index (κ2) is 11.8. The van der Waals surface area contributed by atoms with Crippen molar-refractivity contribution in [2.75, 3.05) is 13.2 Å². The monoisotopic (exact) mass is 454 g/mol. The van der Waals surface area contributed by atoms with E-state index in [0.717, 1.165) is 12.8 Å². The van der Waals surface area contributed by atoms with Gasteiger partial charge in [0.1, 0.15) is 6.04 Å². The van der Waals surface area contributed by atoms with E-state index in [0.29, 0.717) is 22.2 Å². The number of nitrogens with zero attached hydrogens (tertiary/aromatic N) is 1. The molecule has 8 heteroatoms. The molecule has 30 heavy (non-hydrogen) atoms. The zero-order chi connectivity index (χ0) is 22.1. The first-order valence-electron chi connectivity index (χ1n) is 9.72. The third-order valence-electron chi connectivity index (χ3n) is 4.57.